The second kappa shape index (κ2) is 12.3. The largest absolute Gasteiger partial charge is 0.489 e. The van der Waals surface area contributed by atoms with Crippen LogP contribution in [0.5, 0.6) is 5.75 Å². The van der Waals surface area contributed by atoms with E-state index in [0.29, 0.717) is 17.5 Å². The Morgan fingerprint density at radius 2 is 1.52 bits per heavy atom. The van der Waals surface area contributed by atoms with Gasteiger partial charge in [-0.25, -0.2) is 4.98 Å². The average Bonchev–Trinajstić information content (AvgIpc) is 3.38. The first-order valence-corrected chi connectivity index (χ1v) is 15.3. The van der Waals surface area contributed by atoms with E-state index >= 15 is 0 Å². The van der Waals surface area contributed by atoms with Gasteiger partial charge in [-0.15, -0.1) is 0 Å². The third kappa shape index (κ3) is 5.86. The third-order valence-corrected chi connectivity index (χ3v) is 8.35. The van der Waals surface area contributed by atoms with Crippen LogP contribution < -0.4 is 10.3 Å². The summed E-state index contributed by atoms with van der Waals surface area (Å²) in [5.41, 5.74) is 3.71. The van der Waals surface area contributed by atoms with Gasteiger partial charge >= 0.3 is 6.18 Å². The molecule has 5 aromatic carbocycles. The highest BCUT2D eigenvalue weighted by Crippen LogP contribution is 2.32. The first-order chi connectivity index (χ1) is 23.2. The van der Waals surface area contributed by atoms with Crippen LogP contribution in [-0.2, 0) is 12.8 Å². The lowest BCUT2D eigenvalue weighted by atomic mass is 10.1. The molecule has 0 radical (unpaired) electrons. The lowest BCUT2D eigenvalue weighted by molar-refractivity contribution is -0.137. The Morgan fingerprint density at radius 1 is 0.812 bits per heavy atom. The summed E-state index contributed by atoms with van der Waals surface area (Å²) in [7, 11) is 0. The highest BCUT2D eigenvalue weighted by molar-refractivity contribution is 5.86. The molecule has 0 spiro atoms. The Kier molecular flexibility index (Phi) is 7.88. The van der Waals surface area contributed by atoms with Crippen molar-refractivity contribution in [3.63, 3.8) is 0 Å². The number of rotatable bonds is 7. The van der Waals surface area contributed by atoms with E-state index in [2.05, 4.69) is 38.9 Å². The molecular formula is C39H29F3N4O2. The maximum Gasteiger partial charge on any atom is 0.416 e. The van der Waals surface area contributed by atoms with Crippen LogP contribution in [0, 0.1) is 13.8 Å². The summed E-state index contributed by atoms with van der Waals surface area (Å²) in [6.45, 7) is 4.34. The lowest BCUT2D eigenvalue weighted by Gasteiger charge is -2.13. The minimum Gasteiger partial charge on any atom is -0.489 e. The van der Waals surface area contributed by atoms with Crippen molar-refractivity contribution < 1.29 is 17.9 Å². The van der Waals surface area contributed by atoms with E-state index in [1.54, 1.807) is 24.3 Å². The van der Waals surface area contributed by atoms with Crippen LogP contribution in [0.25, 0.3) is 38.8 Å². The molecular weight excluding hydrogens is 613 g/mol. The zero-order chi connectivity index (χ0) is 33.4. The molecule has 0 aliphatic heterocycles. The van der Waals surface area contributed by atoms with E-state index in [1.807, 2.05) is 62.4 Å². The maximum atomic E-state index is 13.6. The molecule has 0 saturated heterocycles. The Morgan fingerprint density at radius 3 is 2.31 bits per heavy atom. The number of para-hydroxylation sites is 1. The van der Waals surface area contributed by atoms with Crippen molar-refractivity contribution in [3.05, 3.63) is 160 Å². The van der Waals surface area contributed by atoms with Crippen LogP contribution in [0.3, 0.4) is 0 Å². The summed E-state index contributed by atoms with van der Waals surface area (Å²) in [5.74, 6) is 0.746. The number of fused-ring (bicyclic) bond motifs is 2. The number of benzene rings is 5. The van der Waals surface area contributed by atoms with Crippen molar-refractivity contribution in [2.24, 2.45) is 5.10 Å². The molecule has 2 aromatic heterocycles. The number of alkyl halides is 3. The van der Waals surface area contributed by atoms with E-state index in [1.165, 1.54) is 23.7 Å². The zero-order valence-corrected chi connectivity index (χ0v) is 26.1. The minimum atomic E-state index is -4.56. The summed E-state index contributed by atoms with van der Waals surface area (Å²) in [4.78, 5) is 18.2. The van der Waals surface area contributed by atoms with Gasteiger partial charge in [-0.1, -0.05) is 66.7 Å². The van der Waals surface area contributed by atoms with Crippen molar-refractivity contribution in [3.8, 4) is 22.8 Å². The summed E-state index contributed by atoms with van der Waals surface area (Å²) in [6.07, 6.45) is -3.02. The van der Waals surface area contributed by atoms with Crippen LogP contribution >= 0.6 is 0 Å². The van der Waals surface area contributed by atoms with Crippen LogP contribution in [0.1, 0.15) is 28.1 Å². The number of aryl methyl sites for hydroxylation is 1. The number of ether oxygens (including phenoxy) is 1. The van der Waals surface area contributed by atoms with Gasteiger partial charge in [-0.2, -0.15) is 22.9 Å². The number of hydrogen-bond donors (Lipinski definition) is 0. The number of aromatic nitrogens is 3. The first-order valence-electron chi connectivity index (χ1n) is 15.3. The number of hydrogen-bond acceptors (Lipinski definition) is 4. The van der Waals surface area contributed by atoms with Gasteiger partial charge in [0.1, 0.15) is 12.4 Å². The summed E-state index contributed by atoms with van der Waals surface area (Å²) in [6, 6.07) is 35.6. The standard InChI is InChI=1S/C39H29F3N4O2/c1-25-21-30(26(2)45(25)32-17-19-33(20-18-32)48-24-29-12-7-10-27-9-3-4-14-34(27)29)23-43-46-37(28-11-8-13-31(22-28)39(40,41)42)44-36-16-6-5-15-35(36)38(46)47/h3-23H,24H2,1-2H3. The monoisotopic (exact) mass is 642 g/mol. The van der Waals surface area contributed by atoms with E-state index in [4.69, 9.17) is 4.74 Å². The zero-order valence-electron chi connectivity index (χ0n) is 26.1. The van der Waals surface area contributed by atoms with Crippen molar-refractivity contribution in [1.82, 2.24) is 14.2 Å². The second-order valence-electron chi connectivity index (χ2n) is 11.5. The summed E-state index contributed by atoms with van der Waals surface area (Å²) < 4.78 is 49.9. The molecule has 9 heteroatoms. The van der Waals surface area contributed by atoms with Gasteiger partial charge in [0.05, 0.1) is 22.7 Å². The summed E-state index contributed by atoms with van der Waals surface area (Å²) >= 11 is 0. The van der Waals surface area contributed by atoms with Crippen molar-refractivity contribution in [2.45, 2.75) is 26.6 Å². The molecule has 6 nitrogen and oxygen atoms in total. The quantitative estimate of drug-likeness (QED) is 0.163. The molecule has 2 heterocycles. The molecule has 7 aromatic rings. The van der Waals surface area contributed by atoms with Crippen LogP contribution in [-0.4, -0.2) is 20.4 Å². The van der Waals surface area contributed by atoms with Gasteiger partial charge in [0, 0.05) is 28.2 Å². The van der Waals surface area contributed by atoms with Gasteiger partial charge in [0.25, 0.3) is 5.56 Å². The molecule has 0 amide bonds. The molecule has 0 N–H and O–H groups in total. The molecule has 0 aliphatic carbocycles. The van der Waals surface area contributed by atoms with Crippen molar-refractivity contribution in [2.75, 3.05) is 0 Å². The fraction of sp³-hybridized carbons (Fsp3) is 0.103. The molecule has 0 bridgehead atoms. The SMILES string of the molecule is Cc1cc(C=Nn2c(-c3cccc(C(F)(F)F)c3)nc3ccccc3c2=O)c(C)n1-c1ccc(OCc2cccc3ccccc23)cc1. The Bertz CT molecular complexity index is 2380. The van der Waals surface area contributed by atoms with E-state index < -0.39 is 17.3 Å². The van der Waals surface area contributed by atoms with Crippen molar-refractivity contribution in [1.29, 1.82) is 0 Å². The topological polar surface area (TPSA) is 61.4 Å². The Labute approximate surface area is 274 Å². The van der Waals surface area contributed by atoms with Gasteiger partial charge < -0.3 is 9.30 Å². The fourth-order valence-electron chi connectivity index (χ4n) is 5.96. The smallest absolute Gasteiger partial charge is 0.416 e. The minimum absolute atomic E-state index is 0.00828. The Hall–Kier alpha value is -5.96. The van der Waals surface area contributed by atoms with Gasteiger partial charge in [0.2, 0.25) is 0 Å². The lowest BCUT2D eigenvalue weighted by Crippen LogP contribution is -2.20. The molecule has 238 valence electrons. The molecule has 0 atom stereocenters. The predicted molar refractivity (Wildman–Crippen MR) is 183 cm³/mol. The first kappa shape index (κ1) is 30.7. The highest BCUT2D eigenvalue weighted by Gasteiger charge is 2.31. The van der Waals surface area contributed by atoms with Gasteiger partial charge in [-0.3, -0.25) is 4.79 Å². The van der Waals surface area contributed by atoms with E-state index in [-0.39, 0.29) is 11.4 Å². The predicted octanol–water partition coefficient (Wildman–Crippen LogP) is 9.10. The second-order valence-corrected chi connectivity index (χ2v) is 11.5. The van der Waals surface area contributed by atoms with E-state index in [9.17, 15) is 18.0 Å². The summed E-state index contributed by atoms with van der Waals surface area (Å²) in [5, 5.41) is 7.13. The van der Waals surface area contributed by atoms with Gasteiger partial charge in [0.15, 0.2) is 5.82 Å². The molecule has 0 unspecified atom stereocenters. The molecule has 7 rings (SSSR count). The molecule has 0 saturated carbocycles. The van der Waals surface area contributed by atoms with Crippen LogP contribution in [0.2, 0.25) is 0 Å². The number of halogens is 3. The van der Waals surface area contributed by atoms with Gasteiger partial charge in [-0.05, 0) is 84.8 Å². The number of nitrogens with zero attached hydrogens (tertiary/aromatic N) is 4. The third-order valence-electron chi connectivity index (χ3n) is 8.35. The molecule has 0 aliphatic rings. The molecule has 0 fully saturated rings. The van der Waals surface area contributed by atoms with E-state index in [0.717, 1.165) is 56.1 Å². The average molecular weight is 643 g/mol. The normalized spacial score (nSPS) is 11.9. The van der Waals surface area contributed by atoms with Crippen molar-refractivity contribution >= 4 is 27.9 Å². The maximum absolute atomic E-state index is 13.6. The fourth-order valence-corrected chi connectivity index (χ4v) is 5.96. The van der Waals surface area contributed by atoms with Crippen LogP contribution in [0.4, 0.5) is 13.2 Å². The highest BCUT2D eigenvalue weighted by atomic mass is 19.4. The molecule has 48 heavy (non-hydrogen) atoms. The Balaban J connectivity index is 1.19. The van der Waals surface area contributed by atoms with Crippen LogP contribution in [0.15, 0.2) is 131 Å².